The van der Waals surface area contributed by atoms with Crippen LogP contribution in [0.3, 0.4) is 0 Å². The lowest BCUT2D eigenvalue weighted by Crippen LogP contribution is -2.46. The first kappa shape index (κ1) is 23.0. The molecule has 5 nitrogen and oxygen atoms in total. The van der Waals surface area contributed by atoms with Gasteiger partial charge >= 0.3 is 0 Å². The summed E-state index contributed by atoms with van der Waals surface area (Å²) in [5, 5.41) is 6.92. The van der Waals surface area contributed by atoms with Crippen molar-refractivity contribution in [3.05, 3.63) is 29.8 Å². The number of nitrogens with zero attached hydrogens (tertiary/aromatic N) is 2. The number of hydrogen-bond acceptors (Lipinski definition) is 3. The van der Waals surface area contributed by atoms with E-state index in [-0.39, 0.29) is 24.0 Å². The van der Waals surface area contributed by atoms with Crippen molar-refractivity contribution in [3.8, 4) is 5.75 Å². The van der Waals surface area contributed by atoms with Gasteiger partial charge in [-0.15, -0.1) is 24.0 Å². The van der Waals surface area contributed by atoms with Crippen LogP contribution in [0.5, 0.6) is 5.75 Å². The molecule has 0 amide bonds. The Morgan fingerprint density at radius 3 is 2.54 bits per heavy atom. The monoisotopic (exact) mass is 474 g/mol. The Balaban J connectivity index is 0.00000338. The van der Waals surface area contributed by atoms with Crippen LogP contribution in [0.1, 0.15) is 38.2 Å². The first-order chi connectivity index (χ1) is 12.1. The highest BCUT2D eigenvalue weighted by Gasteiger charge is 2.34. The van der Waals surface area contributed by atoms with Crippen LogP contribution in [-0.4, -0.2) is 51.7 Å². The van der Waals surface area contributed by atoms with E-state index in [1.807, 2.05) is 25.2 Å². The molecule has 0 atom stereocenters. The SMILES string of the molecule is CCC1(CNC(=NC)NCc2ccccc2OCCN(C)C)CCC1.I. The first-order valence-electron chi connectivity index (χ1n) is 9.38. The van der Waals surface area contributed by atoms with Gasteiger partial charge in [-0.1, -0.05) is 31.5 Å². The lowest BCUT2D eigenvalue weighted by atomic mass is 9.67. The van der Waals surface area contributed by atoms with E-state index in [1.54, 1.807) is 0 Å². The molecule has 1 aliphatic carbocycles. The molecule has 0 unspecified atom stereocenters. The molecule has 1 aromatic carbocycles. The minimum absolute atomic E-state index is 0. The summed E-state index contributed by atoms with van der Waals surface area (Å²) in [6.45, 7) is 5.60. The van der Waals surface area contributed by atoms with E-state index in [2.05, 4.69) is 47.6 Å². The summed E-state index contributed by atoms with van der Waals surface area (Å²) < 4.78 is 5.93. The van der Waals surface area contributed by atoms with Gasteiger partial charge in [0.2, 0.25) is 0 Å². The summed E-state index contributed by atoms with van der Waals surface area (Å²) in [6.07, 6.45) is 5.25. The maximum atomic E-state index is 5.93. The predicted molar refractivity (Wildman–Crippen MR) is 121 cm³/mol. The lowest BCUT2D eigenvalue weighted by Gasteiger charge is -2.41. The van der Waals surface area contributed by atoms with Crippen LogP contribution in [-0.2, 0) is 6.54 Å². The predicted octanol–water partition coefficient (Wildman–Crippen LogP) is 3.49. The van der Waals surface area contributed by atoms with E-state index in [9.17, 15) is 0 Å². The van der Waals surface area contributed by atoms with E-state index >= 15 is 0 Å². The second kappa shape index (κ2) is 11.6. The van der Waals surface area contributed by atoms with Gasteiger partial charge in [-0.2, -0.15) is 0 Å². The molecule has 0 radical (unpaired) electrons. The highest BCUT2D eigenvalue weighted by atomic mass is 127. The number of aliphatic imine (C=N–C) groups is 1. The number of nitrogens with one attached hydrogen (secondary N) is 2. The van der Waals surface area contributed by atoms with Crippen LogP contribution < -0.4 is 15.4 Å². The Hall–Kier alpha value is -1.02. The number of likely N-dealkylation sites (N-methyl/N-ethyl adjacent to an activating group) is 1. The van der Waals surface area contributed by atoms with Crippen molar-refractivity contribution >= 4 is 29.9 Å². The molecule has 148 valence electrons. The molecule has 2 rings (SSSR count). The Bertz CT molecular complexity index is 553. The third-order valence-electron chi connectivity index (χ3n) is 5.23. The molecule has 0 bridgehead atoms. The van der Waals surface area contributed by atoms with Gasteiger partial charge in [0.1, 0.15) is 12.4 Å². The van der Waals surface area contributed by atoms with Crippen LogP contribution in [0, 0.1) is 5.41 Å². The Labute approximate surface area is 176 Å². The quantitative estimate of drug-likeness (QED) is 0.327. The normalized spacial score (nSPS) is 15.8. The fraction of sp³-hybridized carbons (Fsp3) is 0.650. The van der Waals surface area contributed by atoms with E-state index in [0.29, 0.717) is 18.6 Å². The summed E-state index contributed by atoms with van der Waals surface area (Å²) in [5.41, 5.74) is 1.63. The van der Waals surface area contributed by atoms with Crippen LogP contribution in [0.15, 0.2) is 29.3 Å². The summed E-state index contributed by atoms with van der Waals surface area (Å²) in [7, 11) is 5.93. The second-order valence-corrected chi connectivity index (χ2v) is 7.25. The van der Waals surface area contributed by atoms with Gasteiger partial charge in [-0.3, -0.25) is 4.99 Å². The summed E-state index contributed by atoms with van der Waals surface area (Å²) in [4.78, 5) is 6.48. The van der Waals surface area contributed by atoms with Gasteiger partial charge < -0.3 is 20.3 Å². The number of hydrogen-bond donors (Lipinski definition) is 2. The van der Waals surface area contributed by atoms with Crippen LogP contribution in [0.25, 0.3) is 0 Å². The van der Waals surface area contributed by atoms with Gasteiger partial charge in [-0.25, -0.2) is 0 Å². The van der Waals surface area contributed by atoms with Crippen LogP contribution in [0.4, 0.5) is 0 Å². The van der Waals surface area contributed by atoms with Crippen molar-refractivity contribution in [2.45, 2.75) is 39.2 Å². The average Bonchev–Trinajstić information content (AvgIpc) is 2.57. The van der Waals surface area contributed by atoms with Crippen molar-refractivity contribution in [1.82, 2.24) is 15.5 Å². The summed E-state index contributed by atoms with van der Waals surface area (Å²) in [6, 6.07) is 8.20. The van der Waals surface area contributed by atoms with Gasteiger partial charge in [0.15, 0.2) is 5.96 Å². The van der Waals surface area contributed by atoms with Crippen molar-refractivity contribution in [2.75, 3.05) is 40.8 Å². The van der Waals surface area contributed by atoms with E-state index < -0.39 is 0 Å². The number of halogens is 1. The Morgan fingerprint density at radius 1 is 1.23 bits per heavy atom. The third-order valence-corrected chi connectivity index (χ3v) is 5.23. The molecule has 1 saturated carbocycles. The molecule has 0 saturated heterocycles. The molecule has 0 heterocycles. The van der Waals surface area contributed by atoms with Crippen LogP contribution >= 0.6 is 24.0 Å². The standard InChI is InChI=1S/C20H34N4O.HI/c1-5-20(11-8-12-20)16-23-19(21-2)22-15-17-9-6-7-10-18(17)25-14-13-24(3)4;/h6-7,9-10H,5,8,11-16H2,1-4H3,(H2,21,22,23);1H. The molecule has 2 N–H and O–H groups in total. The number of ether oxygens (including phenoxy) is 1. The van der Waals surface area contributed by atoms with Crippen molar-refractivity contribution in [3.63, 3.8) is 0 Å². The molecule has 0 aliphatic heterocycles. The summed E-state index contributed by atoms with van der Waals surface area (Å²) >= 11 is 0. The molecule has 0 spiro atoms. The lowest BCUT2D eigenvalue weighted by molar-refractivity contribution is 0.131. The van der Waals surface area contributed by atoms with Crippen LogP contribution in [0.2, 0.25) is 0 Å². The average molecular weight is 474 g/mol. The van der Waals surface area contributed by atoms with Crippen molar-refractivity contribution in [1.29, 1.82) is 0 Å². The molecule has 0 aromatic heterocycles. The molecular formula is C20H35IN4O. The van der Waals surface area contributed by atoms with Gasteiger partial charge in [-0.05, 0) is 44.8 Å². The van der Waals surface area contributed by atoms with Gasteiger partial charge in [0, 0.05) is 32.2 Å². The van der Waals surface area contributed by atoms with Gasteiger partial charge in [0.25, 0.3) is 0 Å². The third kappa shape index (κ3) is 6.95. The molecule has 1 fully saturated rings. The zero-order chi connectivity index (χ0) is 18.1. The topological polar surface area (TPSA) is 48.9 Å². The Kier molecular flexibility index (Phi) is 10.3. The Morgan fingerprint density at radius 2 is 1.96 bits per heavy atom. The molecular weight excluding hydrogens is 439 g/mol. The zero-order valence-corrected chi connectivity index (χ0v) is 19.0. The van der Waals surface area contributed by atoms with Crippen molar-refractivity contribution in [2.24, 2.45) is 10.4 Å². The number of guanidine groups is 1. The highest BCUT2D eigenvalue weighted by Crippen LogP contribution is 2.42. The van der Waals surface area contributed by atoms with E-state index in [4.69, 9.17) is 4.74 Å². The maximum Gasteiger partial charge on any atom is 0.191 e. The molecule has 26 heavy (non-hydrogen) atoms. The summed E-state index contributed by atoms with van der Waals surface area (Å²) in [5.74, 6) is 1.80. The van der Waals surface area contributed by atoms with Gasteiger partial charge in [0.05, 0.1) is 0 Å². The highest BCUT2D eigenvalue weighted by molar-refractivity contribution is 14.0. The minimum Gasteiger partial charge on any atom is -0.492 e. The number of para-hydroxylation sites is 1. The smallest absolute Gasteiger partial charge is 0.191 e. The van der Waals surface area contributed by atoms with E-state index in [0.717, 1.165) is 30.4 Å². The molecule has 6 heteroatoms. The zero-order valence-electron chi connectivity index (χ0n) is 16.7. The second-order valence-electron chi connectivity index (χ2n) is 7.25. The van der Waals surface area contributed by atoms with E-state index in [1.165, 1.54) is 25.7 Å². The largest absolute Gasteiger partial charge is 0.492 e. The minimum atomic E-state index is 0. The molecule has 1 aromatic rings. The number of benzene rings is 1. The maximum absolute atomic E-state index is 5.93. The van der Waals surface area contributed by atoms with Crippen molar-refractivity contribution < 1.29 is 4.74 Å². The fourth-order valence-electron chi connectivity index (χ4n) is 3.13. The first-order valence-corrected chi connectivity index (χ1v) is 9.38. The fourth-order valence-corrected chi connectivity index (χ4v) is 3.13. The molecule has 1 aliphatic rings. The number of rotatable bonds is 9.